The molecule has 0 amide bonds. The predicted molar refractivity (Wildman–Crippen MR) is 52.5 cm³/mol. The average molecular weight is 195 g/mol. The van der Waals surface area contributed by atoms with Gasteiger partial charge in [-0.1, -0.05) is 0 Å². The van der Waals surface area contributed by atoms with Gasteiger partial charge in [0.2, 0.25) is 0 Å². The monoisotopic (exact) mass is 195 g/mol. The molecule has 0 aliphatic carbocycles. The van der Waals surface area contributed by atoms with Gasteiger partial charge < -0.3 is 14.2 Å². The second kappa shape index (κ2) is 3.79. The van der Waals surface area contributed by atoms with Crippen LogP contribution in [0.25, 0.3) is 0 Å². The van der Waals surface area contributed by atoms with E-state index in [1.165, 1.54) is 4.57 Å². The minimum atomic E-state index is -0.0469. The van der Waals surface area contributed by atoms with Crippen molar-refractivity contribution >= 4 is 5.82 Å². The van der Waals surface area contributed by atoms with E-state index in [9.17, 15) is 4.79 Å². The molecule has 0 aromatic carbocycles. The van der Waals surface area contributed by atoms with Gasteiger partial charge in [-0.2, -0.15) is 0 Å². The van der Waals surface area contributed by atoms with Crippen LogP contribution in [0.5, 0.6) is 0 Å². The summed E-state index contributed by atoms with van der Waals surface area (Å²) in [5, 5.41) is 0. The highest BCUT2D eigenvalue weighted by Gasteiger charge is 2.15. The van der Waals surface area contributed by atoms with Crippen LogP contribution in [0.15, 0.2) is 17.2 Å². The summed E-state index contributed by atoms with van der Waals surface area (Å²) in [6.07, 6.45) is 3.30. The van der Waals surface area contributed by atoms with Crippen LogP contribution in [-0.2, 0) is 11.8 Å². The van der Waals surface area contributed by atoms with Crippen LogP contribution in [0.3, 0.4) is 0 Å². The summed E-state index contributed by atoms with van der Waals surface area (Å²) in [5.41, 5.74) is -0.0469. The van der Waals surface area contributed by atoms with Gasteiger partial charge in [0.1, 0.15) is 0 Å². The summed E-state index contributed by atoms with van der Waals surface area (Å²) < 4.78 is 6.75. The maximum Gasteiger partial charge on any atom is 0.293 e. The molecule has 14 heavy (non-hydrogen) atoms. The average Bonchev–Trinajstić information content (AvgIpc) is 2.23. The number of ether oxygens (including phenoxy) is 1. The van der Waals surface area contributed by atoms with Crippen LogP contribution >= 0.6 is 0 Å². The molecular formula is C9H13N3O2. The van der Waals surface area contributed by atoms with E-state index < -0.39 is 0 Å². The molecule has 0 bridgehead atoms. The highest BCUT2D eigenvalue weighted by Crippen LogP contribution is 2.05. The van der Waals surface area contributed by atoms with Gasteiger partial charge in [0.15, 0.2) is 5.82 Å². The normalized spacial score (nSPS) is 17.1. The third-order valence-corrected chi connectivity index (χ3v) is 2.31. The van der Waals surface area contributed by atoms with Gasteiger partial charge in [0.05, 0.1) is 13.2 Å². The Balaban J connectivity index is 2.31. The third-order valence-electron chi connectivity index (χ3n) is 2.31. The molecule has 5 nitrogen and oxygen atoms in total. The van der Waals surface area contributed by atoms with Crippen molar-refractivity contribution in [3.8, 4) is 0 Å². The molecule has 5 heteroatoms. The van der Waals surface area contributed by atoms with Crippen molar-refractivity contribution in [1.82, 2.24) is 9.55 Å². The molecule has 2 rings (SSSR count). The van der Waals surface area contributed by atoms with E-state index in [4.69, 9.17) is 4.74 Å². The molecule has 1 aromatic heterocycles. The second-order valence-corrected chi connectivity index (χ2v) is 3.27. The molecule has 1 saturated heterocycles. The Morgan fingerprint density at radius 3 is 2.86 bits per heavy atom. The molecule has 1 aromatic rings. The minimum absolute atomic E-state index is 0.0469. The first kappa shape index (κ1) is 9.21. The van der Waals surface area contributed by atoms with Gasteiger partial charge in [-0.15, -0.1) is 0 Å². The molecule has 2 heterocycles. The fourth-order valence-corrected chi connectivity index (χ4v) is 1.48. The van der Waals surface area contributed by atoms with Crippen molar-refractivity contribution in [3.63, 3.8) is 0 Å². The first-order valence-corrected chi connectivity index (χ1v) is 4.63. The van der Waals surface area contributed by atoms with E-state index >= 15 is 0 Å². The molecule has 0 atom stereocenters. The third kappa shape index (κ3) is 1.63. The Kier molecular flexibility index (Phi) is 2.49. The van der Waals surface area contributed by atoms with Gasteiger partial charge in [-0.05, 0) is 0 Å². The highest BCUT2D eigenvalue weighted by molar-refractivity contribution is 5.35. The smallest absolute Gasteiger partial charge is 0.293 e. The summed E-state index contributed by atoms with van der Waals surface area (Å²) in [6.45, 7) is 2.82. The van der Waals surface area contributed by atoms with Crippen molar-refractivity contribution in [1.29, 1.82) is 0 Å². The summed E-state index contributed by atoms with van der Waals surface area (Å²) in [5.74, 6) is 0.526. The van der Waals surface area contributed by atoms with Crippen molar-refractivity contribution in [3.05, 3.63) is 22.7 Å². The lowest BCUT2D eigenvalue weighted by Gasteiger charge is -2.27. The standard InChI is InChI=1S/C9H13N3O2/c1-11-3-2-10-8(9(11)13)12-4-6-14-7-5-12/h2-3H,4-7H2,1H3. The largest absolute Gasteiger partial charge is 0.378 e. The fourth-order valence-electron chi connectivity index (χ4n) is 1.48. The molecule has 1 fully saturated rings. The SMILES string of the molecule is Cn1ccnc(N2CCOCC2)c1=O. The Hall–Kier alpha value is -1.36. The zero-order valence-electron chi connectivity index (χ0n) is 8.14. The van der Waals surface area contributed by atoms with Crippen LogP contribution in [0, 0.1) is 0 Å². The summed E-state index contributed by atoms with van der Waals surface area (Å²) in [7, 11) is 1.73. The number of hydrogen-bond acceptors (Lipinski definition) is 4. The molecule has 0 spiro atoms. The lowest BCUT2D eigenvalue weighted by Crippen LogP contribution is -2.40. The Morgan fingerprint density at radius 1 is 1.43 bits per heavy atom. The maximum atomic E-state index is 11.7. The number of rotatable bonds is 1. The molecule has 0 radical (unpaired) electrons. The van der Waals surface area contributed by atoms with Crippen molar-refractivity contribution in [2.45, 2.75) is 0 Å². The van der Waals surface area contributed by atoms with Gasteiger partial charge in [0, 0.05) is 32.5 Å². The van der Waals surface area contributed by atoms with E-state index in [-0.39, 0.29) is 5.56 Å². The quantitative estimate of drug-likeness (QED) is 0.612. The van der Waals surface area contributed by atoms with Crippen molar-refractivity contribution in [2.75, 3.05) is 31.2 Å². The highest BCUT2D eigenvalue weighted by atomic mass is 16.5. The molecular weight excluding hydrogens is 182 g/mol. The van der Waals surface area contributed by atoms with Crippen LogP contribution in [0.4, 0.5) is 5.82 Å². The van der Waals surface area contributed by atoms with Crippen LogP contribution in [0.2, 0.25) is 0 Å². The van der Waals surface area contributed by atoms with Crippen LogP contribution < -0.4 is 10.5 Å². The molecule has 0 saturated carbocycles. The Labute approximate surface area is 81.9 Å². The van der Waals surface area contributed by atoms with Crippen LogP contribution in [-0.4, -0.2) is 35.9 Å². The topological polar surface area (TPSA) is 47.4 Å². The first-order chi connectivity index (χ1) is 6.79. The lowest BCUT2D eigenvalue weighted by molar-refractivity contribution is 0.122. The van der Waals surface area contributed by atoms with Gasteiger partial charge in [0.25, 0.3) is 5.56 Å². The summed E-state index contributed by atoms with van der Waals surface area (Å²) in [6, 6.07) is 0. The van der Waals surface area contributed by atoms with Gasteiger partial charge in [-0.3, -0.25) is 4.79 Å². The number of nitrogens with zero attached hydrogens (tertiary/aromatic N) is 3. The van der Waals surface area contributed by atoms with E-state index in [0.717, 1.165) is 13.1 Å². The number of hydrogen-bond donors (Lipinski definition) is 0. The zero-order chi connectivity index (χ0) is 9.97. The zero-order valence-corrected chi connectivity index (χ0v) is 8.14. The molecule has 1 aliphatic heterocycles. The predicted octanol–water partition coefficient (Wildman–Crippen LogP) is -0.383. The van der Waals surface area contributed by atoms with Crippen molar-refractivity contribution < 1.29 is 4.74 Å². The summed E-state index contributed by atoms with van der Waals surface area (Å²) in [4.78, 5) is 17.7. The number of morpholine rings is 1. The van der Waals surface area contributed by atoms with Gasteiger partial charge >= 0.3 is 0 Å². The minimum Gasteiger partial charge on any atom is -0.378 e. The molecule has 1 aliphatic rings. The van der Waals surface area contributed by atoms with Crippen molar-refractivity contribution in [2.24, 2.45) is 7.05 Å². The van der Waals surface area contributed by atoms with E-state index in [2.05, 4.69) is 4.98 Å². The van der Waals surface area contributed by atoms with E-state index in [1.54, 1.807) is 19.4 Å². The van der Waals surface area contributed by atoms with Crippen LogP contribution in [0.1, 0.15) is 0 Å². The second-order valence-electron chi connectivity index (χ2n) is 3.27. The maximum absolute atomic E-state index is 11.7. The number of aryl methyl sites for hydroxylation is 1. The molecule has 0 N–H and O–H groups in total. The fraction of sp³-hybridized carbons (Fsp3) is 0.556. The number of anilines is 1. The summed E-state index contributed by atoms with van der Waals surface area (Å²) >= 11 is 0. The molecule has 0 unspecified atom stereocenters. The van der Waals surface area contributed by atoms with Gasteiger partial charge in [-0.25, -0.2) is 4.98 Å². The Bertz CT molecular complexity index is 369. The molecule has 76 valence electrons. The van der Waals surface area contributed by atoms with E-state index in [0.29, 0.717) is 19.0 Å². The number of aromatic nitrogens is 2. The Morgan fingerprint density at radius 2 is 2.14 bits per heavy atom. The lowest BCUT2D eigenvalue weighted by atomic mass is 10.4. The van der Waals surface area contributed by atoms with E-state index in [1.807, 2.05) is 4.90 Å². The first-order valence-electron chi connectivity index (χ1n) is 4.63.